The van der Waals surface area contributed by atoms with Gasteiger partial charge < -0.3 is 10.5 Å². The predicted molar refractivity (Wildman–Crippen MR) is 84.2 cm³/mol. The molecule has 0 bridgehead atoms. The molecule has 1 heterocycles. The lowest BCUT2D eigenvalue weighted by Crippen LogP contribution is -2.07. The van der Waals surface area contributed by atoms with E-state index >= 15 is 0 Å². The minimum atomic E-state index is 0.384. The van der Waals surface area contributed by atoms with Crippen LogP contribution in [0.3, 0.4) is 0 Å². The number of nitrogens with zero attached hydrogens (tertiary/aromatic N) is 2. The molecule has 2 aromatic rings. The van der Waals surface area contributed by atoms with Crippen molar-refractivity contribution in [2.45, 2.75) is 20.0 Å². The molecule has 6 heteroatoms. The number of rotatable bonds is 5. The van der Waals surface area contributed by atoms with Crippen LogP contribution in [-0.2, 0) is 20.1 Å². The number of halogens is 2. The van der Waals surface area contributed by atoms with E-state index in [-0.39, 0.29) is 0 Å². The SMILES string of the molecule is Cc1nn(C)c(COc2ccc(Br)cc2CCN)c1Cl. The zero-order valence-corrected chi connectivity index (χ0v) is 13.8. The fraction of sp³-hybridized carbons (Fsp3) is 0.357. The fourth-order valence-corrected chi connectivity index (χ4v) is 2.65. The van der Waals surface area contributed by atoms with Crippen LogP contribution in [0.15, 0.2) is 22.7 Å². The highest BCUT2D eigenvalue weighted by atomic mass is 79.9. The van der Waals surface area contributed by atoms with Gasteiger partial charge in [0, 0.05) is 11.5 Å². The number of nitrogens with two attached hydrogens (primary N) is 1. The van der Waals surface area contributed by atoms with Gasteiger partial charge in [-0.05, 0) is 43.7 Å². The van der Waals surface area contributed by atoms with Gasteiger partial charge in [-0.2, -0.15) is 5.10 Å². The van der Waals surface area contributed by atoms with Gasteiger partial charge in [0.1, 0.15) is 12.4 Å². The average Bonchev–Trinajstić information content (AvgIpc) is 2.64. The van der Waals surface area contributed by atoms with Crippen LogP contribution in [0.4, 0.5) is 0 Å². The van der Waals surface area contributed by atoms with Crippen molar-refractivity contribution in [3.8, 4) is 5.75 Å². The first-order valence-corrected chi connectivity index (χ1v) is 7.49. The van der Waals surface area contributed by atoms with Gasteiger partial charge in [-0.1, -0.05) is 27.5 Å². The Morgan fingerprint density at radius 3 is 2.80 bits per heavy atom. The van der Waals surface area contributed by atoms with Gasteiger partial charge >= 0.3 is 0 Å². The maximum Gasteiger partial charge on any atom is 0.131 e. The molecule has 0 spiro atoms. The summed E-state index contributed by atoms with van der Waals surface area (Å²) in [5, 5.41) is 4.93. The van der Waals surface area contributed by atoms with Crippen LogP contribution >= 0.6 is 27.5 Å². The monoisotopic (exact) mass is 357 g/mol. The van der Waals surface area contributed by atoms with E-state index in [2.05, 4.69) is 21.0 Å². The van der Waals surface area contributed by atoms with E-state index in [0.29, 0.717) is 18.2 Å². The second kappa shape index (κ2) is 6.61. The number of benzene rings is 1. The third kappa shape index (κ3) is 3.34. The molecule has 0 saturated carbocycles. The van der Waals surface area contributed by atoms with Crippen LogP contribution in [0.5, 0.6) is 5.75 Å². The number of ether oxygens (including phenoxy) is 1. The topological polar surface area (TPSA) is 53.1 Å². The quantitative estimate of drug-likeness (QED) is 0.893. The van der Waals surface area contributed by atoms with Gasteiger partial charge in [-0.25, -0.2) is 0 Å². The molecular formula is C14H17BrClN3O. The Morgan fingerprint density at radius 2 is 2.20 bits per heavy atom. The molecule has 0 aliphatic heterocycles. The standard InChI is InChI=1S/C14H17BrClN3O/c1-9-14(16)12(19(2)18-9)8-20-13-4-3-11(15)7-10(13)5-6-17/h3-4,7H,5-6,8,17H2,1-2H3. The summed E-state index contributed by atoms with van der Waals surface area (Å²) in [4.78, 5) is 0. The van der Waals surface area contributed by atoms with E-state index in [1.54, 1.807) is 4.68 Å². The molecule has 2 rings (SSSR count). The summed E-state index contributed by atoms with van der Waals surface area (Å²) in [5.74, 6) is 0.827. The number of hydrogen-bond donors (Lipinski definition) is 1. The number of hydrogen-bond acceptors (Lipinski definition) is 3. The summed E-state index contributed by atoms with van der Waals surface area (Å²) < 4.78 is 8.65. The third-order valence-corrected chi connectivity index (χ3v) is 4.05. The van der Waals surface area contributed by atoms with Crippen molar-refractivity contribution in [1.29, 1.82) is 0 Å². The van der Waals surface area contributed by atoms with Crippen LogP contribution in [-0.4, -0.2) is 16.3 Å². The first kappa shape index (κ1) is 15.4. The molecule has 1 aromatic heterocycles. The van der Waals surface area contributed by atoms with Gasteiger partial charge in [0.25, 0.3) is 0 Å². The molecule has 0 unspecified atom stereocenters. The summed E-state index contributed by atoms with van der Waals surface area (Å²) in [6.45, 7) is 2.85. The first-order chi connectivity index (χ1) is 9.52. The Kier molecular flexibility index (Phi) is 5.07. The predicted octanol–water partition coefficient (Wildman–Crippen LogP) is 3.22. The summed E-state index contributed by atoms with van der Waals surface area (Å²) in [6, 6.07) is 5.91. The summed E-state index contributed by atoms with van der Waals surface area (Å²) in [6.07, 6.45) is 0.771. The maximum atomic E-state index is 6.22. The Morgan fingerprint density at radius 1 is 1.45 bits per heavy atom. The molecule has 0 aliphatic carbocycles. The van der Waals surface area contributed by atoms with Gasteiger partial charge in [-0.15, -0.1) is 0 Å². The molecule has 0 atom stereocenters. The highest BCUT2D eigenvalue weighted by molar-refractivity contribution is 9.10. The highest BCUT2D eigenvalue weighted by Gasteiger charge is 2.12. The Bertz CT molecular complexity index is 613. The molecule has 0 fully saturated rings. The number of aromatic nitrogens is 2. The van der Waals surface area contributed by atoms with E-state index in [4.69, 9.17) is 22.1 Å². The normalized spacial score (nSPS) is 10.8. The summed E-state index contributed by atoms with van der Waals surface area (Å²) >= 11 is 9.67. The molecular weight excluding hydrogens is 342 g/mol. The van der Waals surface area contributed by atoms with Crippen molar-refractivity contribution in [3.63, 3.8) is 0 Å². The molecule has 4 nitrogen and oxygen atoms in total. The molecule has 0 aliphatic rings. The second-order valence-corrected chi connectivity index (χ2v) is 5.84. The third-order valence-electron chi connectivity index (χ3n) is 3.06. The van der Waals surface area contributed by atoms with Crippen molar-refractivity contribution in [3.05, 3.63) is 44.6 Å². The maximum absolute atomic E-state index is 6.22. The molecule has 2 N–H and O–H groups in total. The van der Waals surface area contributed by atoms with Crippen molar-refractivity contribution < 1.29 is 4.74 Å². The van der Waals surface area contributed by atoms with Crippen LogP contribution in [0, 0.1) is 6.92 Å². The molecule has 0 saturated heterocycles. The summed E-state index contributed by atoms with van der Waals surface area (Å²) in [5.41, 5.74) is 8.39. The Balaban J connectivity index is 2.18. The average molecular weight is 359 g/mol. The van der Waals surface area contributed by atoms with Gasteiger partial charge in [0.2, 0.25) is 0 Å². The zero-order valence-electron chi connectivity index (χ0n) is 11.5. The van der Waals surface area contributed by atoms with Gasteiger partial charge in [0.05, 0.1) is 16.4 Å². The molecule has 0 radical (unpaired) electrons. The van der Waals surface area contributed by atoms with Crippen molar-refractivity contribution in [2.75, 3.05) is 6.54 Å². The molecule has 1 aromatic carbocycles. The Labute approximate surface area is 132 Å². The minimum Gasteiger partial charge on any atom is -0.487 e. The van der Waals surface area contributed by atoms with E-state index in [0.717, 1.165) is 33.6 Å². The number of aryl methyl sites for hydroxylation is 2. The molecule has 0 amide bonds. The van der Waals surface area contributed by atoms with E-state index < -0.39 is 0 Å². The van der Waals surface area contributed by atoms with E-state index in [1.807, 2.05) is 32.2 Å². The van der Waals surface area contributed by atoms with E-state index in [1.165, 1.54) is 0 Å². The van der Waals surface area contributed by atoms with Crippen LogP contribution < -0.4 is 10.5 Å². The first-order valence-electron chi connectivity index (χ1n) is 6.32. The van der Waals surface area contributed by atoms with Crippen LogP contribution in [0.2, 0.25) is 5.02 Å². The van der Waals surface area contributed by atoms with E-state index in [9.17, 15) is 0 Å². The van der Waals surface area contributed by atoms with Gasteiger partial charge in [-0.3, -0.25) is 4.68 Å². The largest absolute Gasteiger partial charge is 0.487 e. The van der Waals surface area contributed by atoms with Gasteiger partial charge in [0.15, 0.2) is 0 Å². The molecule has 20 heavy (non-hydrogen) atoms. The smallest absolute Gasteiger partial charge is 0.131 e. The lowest BCUT2D eigenvalue weighted by atomic mass is 10.1. The second-order valence-electron chi connectivity index (χ2n) is 4.55. The minimum absolute atomic E-state index is 0.384. The highest BCUT2D eigenvalue weighted by Crippen LogP contribution is 2.26. The lowest BCUT2D eigenvalue weighted by Gasteiger charge is -2.12. The zero-order chi connectivity index (χ0) is 14.7. The summed E-state index contributed by atoms with van der Waals surface area (Å²) in [7, 11) is 1.86. The van der Waals surface area contributed by atoms with Crippen LogP contribution in [0.25, 0.3) is 0 Å². The van der Waals surface area contributed by atoms with Crippen molar-refractivity contribution in [1.82, 2.24) is 9.78 Å². The lowest BCUT2D eigenvalue weighted by molar-refractivity contribution is 0.292. The Hall–Kier alpha value is -1.04. The molecule has 108 valence electrons. The van der Waals surface area contributed by atoms with Crippen molar-refractivity contribution in [2.24, 2.45) is 12.8 Å². The fourth-order valence-electron chi connectivity index (χ4n) is 2.02. The van der Waals surface area contributed by atoms with Crippen molar-refractivity contribution >= 4 is 27.5 Å². The van der Waals surface area contributed by atoms with Crippen LogP contribution in [0.1, 0.15) is 17.0 Å².